The highest BCUT2D eigenvalue weighted by Gasteiger charge is 2.20. The van der Waals surface area contributed by atoms with Crippen LogP contribution in [0.15, 0.2) is 66.0 Å². The standard InChI is InChI=1S/C27H28N8O2/c1-3-5-8-21-17-35(26-19(18-36)12-14-33(26)4-2)27(37)34(21)16-20-15-28-13-11-22(20)23-9-6-7-10-24(23)25-29-31-32-30-25/h6-7,9-15,17-18H,3-5,8,16H2,1-2H3,(H,29,30,31,32). The SMILES string of the molecule is CCCCc1cn(-c2c(C=O)ccn2CC)c(=O)n1Cc1cnccc1-c1ccccc1-c1nnn[nH]1. The van der Waals surface area contributed by atoms with Gasteiger partial charge in [0.1, 0.15) is 5.82 Å². The van der Waals surface area contributed by atoms with Gasteiger partial charge in [0.2, 0.25) is 0 Å². The van der Waals surface area contributed by atoms with Gasteiger partial charge in [-0.1, -0.05) is 37.6 Å². The van der Waals surface area contributed by atoms with E-state index in [9.17, 15) is 9.59 Å². The minimum atomic E-state index is -0.190. The maximum absolute atomic E-state index is 13.8. The molecule has 1 N–H and O–H groups in total. The number of H-pyrrole nitrogens is 1. The van der Waals surface area contributed by atoms with Gasteiger partial charge in [0.05, 0.1) is 12.1 Å². The molecule has 0 aliphatic rings. The number of pyridine rings is 1. The number of nitrogens with zero attached hydrogens (tertiary/aromatic N) is 7. The van der Waals surface area contributed by atoms with Crippen molar-refractivity contribution in [3.05, 3.63) is 88.5 Å². The quantitative estimate of drug-likeness (QED) is 0.293. The smallest absolute Gasteiger partial charge is 0.334 e. The van der Waals surface area contributed by atoms with E-state index in [2.05, 4.69) is 32.5 Å². The van der Waals surface area contributed by atoms with Gasteiger partial charge in [-0.05, 0) is 59.0 Å². The number of unbranched alkanes of at least 4 members (excludes halogenated alkanes) is 1. The van der Waals surface area contributed by atoms with Gasteiger partial charge in [-0.25, -0.2) is 9.89 Å². The number of tetrazole rings is 1. The molecule has 1 aromatic carbocycles. The van der Waals surface area contributed by atoms with Gasteiger partial charge >= 0.3 is 5.69 Å². The van der Waals surface area contributed by atoms with Crippen molar-refractivity contribution in [1.29, 1.82) is 0 Å². The summed E-state index contributed by atoms with van der Waals surface area (Å²) in [6, 6.07) is 11.5. The van der Waals surface area contributed by atoms with Gasteiger partial charge in [0, 0.05) is 42.6 Å². The number of aldehydes is 1. The average Bonchev–Trinajstić information content (AvgIpc) is 3.68. The highest BCUT2D eigenvalue weighted by molar-refractivity contribution is 5.82. The highest BCUT2D eigenvalue weighted by atomic mass is 16.2. The molecule has 4 heterocycles. The number of aromatic amines is 1. The zero-order valence-electron chi connectivity index (χ0n) is 20.8. The Hall–Kier alpha value is -4.60. The number of hydrogen-bond donors (Lipinski definition) is 1. The summed E-state index contributed by atoms with van der Waals surface area (Å²) < 4.78 is 5.30. The Morgan fingerprint density at radius 1 is 1.05 bits per heavy atom. The fourth-order valence-electron chi connectivity index (χ4n) is 4.70. The number of carbonyl (C=O) groups excluding carboxylic acids is 1. The predicted molar refractivity (Wildman–Crippen MR) is 140 cm³/mol. The van der Waals surface area contributed by atoms with Gasteiger partial charge in [0.25, 0.3) is 0 Å². The monoisotopic (exact) mass is 496 g/mol. The summed E-state index contributed by atoms with van der Waals surface area (Å²) in [6.07, 6.45) is 10.7. The Balaban J connectivity index is 1.63. The summed E-state index contributed by atoms with van der Waals surface area (Å²) >= 11 is 0. The van der Waals surface area contributed by atoms with Crippen LogP contribution in [-0.2, 0) is 19.5 Å². The maximum Gasteiger partial charge on any atom is 0.334 e. The minimum absolute atomic E-state index is 0.190. The normalized spacial score (nSPS) is 11.2. The third-order valence-electron chi connectivity index (χ3n) is 6.56. The second-order valence-electron chi connectivity index (χ2n) is 8.79. The van der Waals surface area contributed by atoms with Crippen LogP contribution in [-0.4, -0.2) is 45.6 Å². The van der Waals surface area contributed by atoms with E-state index in [0.29, 0.717) is 30.3 Å². The Labute approximate surface area is 213 Å². The van der Waals surface area contributed by atoms with E-state index >= 15 is 0 Å². The molecule has 0 radical (unpaired) electrons. The summed E-state index contributed by atoms with van der Waals surface area (Å²) in [7, 11) is 0. The van der Waals surface area contributed by atoms with Crippen LogP contribution in [0.25, 0.3) is 28.3 Å². The molecule has 37 heavy (non-hydrogen) atoms. The second-order valence-corrected chi connectivity index (χ2v) is 8.79. The van der Waals surface area contributed by atoms with Crippen LogP contribution in [0.3, 0.4) is 0 Å². The summed E-state index contributed by atoms with van der Waals surface area (Å²) in [5, 5.41) is 14.4. The molecule has 0 fully saturated rings. The van der Waals surface area contributed by atoms with Crippen molar-refractivity contribution in [2.24, 2.45) is 0 Å². The maximum atomic E-state index is 13.8. The lowest BCUT2D eigenvalue weighted by Gasteiger charge is -2.14. The molecule has 0 saturated heterocycles. The molecule has 10 nitrogen and oxygen atoms in total. The molecule has 0 bridgehead atoms. The van der Waals surface area contributed by atoms with Crippen molar-refractivity contribution >= 4 is 6.29 Å². The van der Waals surface area contributed by atoms with Crippen LogP contribution in [0.5, 0.6) is 0 Å². The average molecular weight is 497 g/mol. The topological polar surface area (TPSA) is 116 Å². The second kappa shape index (κ2) is 10.6. The van der Waals surface area contributed by atoms with Gasteiger partial charge in [-0.3, -0.25) is 18.9 Å². The lowest BCUT2D eigenvalue weighted by Crippen LogP contribution is -2.26. The van der Waals surface area contributed by atoms with Gasteiger partial charge in [-0.15, -0.1) is 5.10 Å². The van der Waals surface area contributed by atoms with Crippen LogP contribution in [0.4, 0.5) is 0 Å². The first-order chi connectivity index (χ1) is 18.2. The zero-order chi connectivity index (χ0) is 25.8. The van der Waals surface area contributed by atoms with Crippen LogP contribution in [0, 0.1) is 0 Å². The van der Waals surface area contributed by atoms with E-state index in [0.717, 1.165) is 53.5 Å². The van der Waals surface area contributed by atoms with Crippen molar-refractivity contribution in [2.45, 2.75) is 46.2 Å². The highest BCUT2D eigenvalue weighted by Crippen LogP contribution is 2.32. The molecular weight excluding hydrogens is 468 g/mol. The largest absolute Gasteiger partial charge is 0.334 e. The molecular formula is C27H28N8O2. The van der Waals surface area contributed by atoms with E-state index in [-0.39, 0.29) is 5.69 Å². The molecule has 5 aromatic rings. The van der Waals surface area contributed by atoms with Crippen molar-refractivity contribution < 1.29 is 4.79 Å². The molecule has 0 aliphatic heterocycles. The number of benzene rings is 1. The minimum Gasteiger partial charge on any atom is -0.334 e. The van der Waals surface area contributed by atoms with Crippen molar-refractivity contribution in [1.82, 2.24) is 39.3 Å². The number of imidazole rings is 1. The van der Waals surface area contributed by atoms with Crippen molar-refractivity contribution in [3.63, 3.8) is 0 Å². The van der Waals surface area contributed by atoms with E-state index in [1.807, 2.05) is 54.2 Å². The first-order valence-electron chi connectivity index (χ1n) is 12.4. The molecule has 5 rings (SSSR count). The molecule has 0 atom stereocenters. The van der Waals surface area contributed by atoms with Crippen LogP contribution < -0.4 is 5.69 Å². The first-order valence-corrected chi connectivity index (χ1v) is 12.4. The molecule has 0 amide bonds. The Kier molecular flexibility index (Phi) is 6.89. The van der Waals surface area contributed by atoms with Gasteiger partial charge in [-0.2, -0.15) is 0 Å². The molecule has 0 aliphatic carbocycles. The molecule has 0 spiro atoms. The van der Waals surface area contributed by atoms with E-state index in [1.54, 1.807) is 27.6 Å². The molecule has 4 aromatic heterocycles. The van der Waals surface area contributed by atoms with Crippen LogP contribution in [0.1, 0.15) is 48.3 Å². The molecule has 188 valence electrons. The Morgan fingerprint density at radius 3 is 2.62 bits per heavy atom. The van der Waals surface area contributed by atoms with Crippen LogP contribution >= 0.6 is 0 Å². The lowest BCUT2D eigenvalue weighted by molar-refractivity contribution is 0.112. The van der Waals surface area contributed by atoms with Gasteiger partial charge in [0.15, 0.2) is 12.1 Å². The summed E-state index contributed by atoms with van der Waals surface area (Å²) in [6.45, 7) is 5.09. The van der Waals surface area contributed by atoms with Crippen molar-refractivity contribution in [2.75, 3.05) is 0 Å². The predicted octanol–water partition coefficient (Wildman–Crippen LogP) is 3.91. The molecule has 0 unspecified atom stereocenters. The first kappa shape index (κ1) is 24.1. The van der Waals surface area contributed by atoms with Crippen molar-refractivity contribution in [3.8, 4) is 28.3 Å². The fraction of sp³-hybridized carbons (Fsp3) is 0.259. The number of aryl methyl sites for hydroxylation is 2. The van der Waals surface area contributed by atoms with Crippen LogP contribution in [0.2, 0.25) is 0 Å². The zero-order valence-corrected chi connectivity index (χ0v) is 20.8. The number of hydrogen-bond acceptors (Lipinski definition) is 6. The number of nitrogens with one attached hydrogen (secondary N) is 1. The summed E-state index contributed by atoms with van der Waals surface area (Å²) in [5.74, 6) is 1.15. The summed E-state index contributed by atoms with van der Waals surface area (Å²) in [5.41, 5.74) is 4.83. The number of aromatic nitrogens is 8. The number of carbonyl (C=O) groups is 1. The van der Waals surface area contributed by atoms with E-state index in [4.69, 9.17) is 0 Å². The van der Waals surface area contributed by atoms with E-state index in [1.165, 1.54) is 0 Å². The summed E-state index contributed by atoms with van der Waals surface area (Å²) in [4.78, 5) is 30.0. The Bertz CT molecular complexity index is 1580. The van der Waals surface area contributed by atoms with Gasteiger partial charge < -0.3 is 4.57 Å². The third kappa shape index (κ3) is 4.53. The fourth-order valence-corrected chi connectivity index (χ4v) is 4.70. The molecule has 0 saturated carbocycles. The Morgan fingerprint density at radius 2 is 1.89 bits per heavy atom. The number of rotatable bonds is 10. The molecule has 10 heteroatoms. The van der Waals surface area contributed by atoms with E-state index < -0.39 is 0 Å². The lowest BCUT2D eigenvalue weighted by atomic mass is 9.96. The third-order valence-corrected chi connectivity index (χ3v) is 6.56.